The molecule has 0 radical (unpaired) electrons. The molecule has 1 amide bonds. The third-order valence-electron chi connectivity index (χ3n) is 3.39. The van der Waals surface area contributed by atoms with Crippen molar-refractivity contribution in [3.63, 3.8) is 0 Å². The van der Waals surface area contributed by atoms with Crippen molar-refractivity contribution >= 4 is 57.7 Å². The molecule has 0 aliphatic heterocycles. The summed E-state index contributed by atoms with van der Waals surface area (Å²) in [5.74, 6) is -3.29. The van der Waals surface area contributed by atoms with Crippen LogP contribution in [0.2, 0.25) is 0 Å². The van der Waals surface area contributed by atoms with E-state index in [-0.39, 0.29) is 16.8 Å². The molecule has 0 fully saturated rings. The molecule has 0 bridgehead atoms. The number of fused-ring (bicyclic) bond motifs is 1. The normalized spacial score (nSPS) is 11.6. The van der Waals surface area contributed by atoms with Crippen LogP contribution >= 0.6 is 34.8 Å². The molecule has 0 aliphatic rings. The Morgan fingerprint density at radius 3 is 2.33 bits per heavy atom. The van der Waals surface area contributed by atoms with Crippen LogP contribution in [0, 0.1) is 17.5 Å². The zero-order valence-electron chi connectivity index (χ0n) is 13.0. The number of alkyl halides is 3. The molecule has 11 heteroatoms. The number of benzene rings is 2. The van der Waals surface area contributed by atoms with Crippen molar-refractivity contribution in [2.24, 2.45) is 0 Å². The fourth-order valence-corrected chi connectivity index (χ4v) is 2.52. The van der Waals surface area contributed by atoms with Crippen LogP contribution in [-0.4, -0.2) is 21.6 Å². The van der Waals surface area contributed by atoms with Crippen molar-refractivity contribution in [1.82, 2.24) is 5.16 Å². The molecule has 0 spiro atoms. The van der Waals surface area contributed by atoms with Gasteiger partial charge in [-0.25, -0.2) is 18.0 Å². The smallest absolute Gasteiger partial charge is 0.413 e. The van der Waals surface area contributed by atoms with E-state index in [4.69, 9.17) is 39.3 Å². The first kappa shape index (κ1) is 19.6. The minimum absolute atomic E-state index is 0.0225. The highest BCUT2D eigenvalue weighted by Gasteiger charge is 2.26. The number of hydrogen-bond donors (Lipinski definition) is 1. The van der Waals surface area contributed by atoms with Gasteiger partial charge in [0, 0.05) is 5.56 Å². The molecular weight excluding hydrogens is 432 g/mol. The van der Waals surface area contributed by atoms with Crippen molar-refractivity contribution in [3.8, 4) is 11.1 Å². The van der Waals surface area contributed by atoms with Crippen LogP contribution in [0.4, 0.5) is 23.8 Å². The van der Waals surface area contributed by atoms with Crippen molar-refractivity contribution in [2.45, 2.75) is 3.79 Å². The zero-order valence-corrected chi connectivity index (χ0v) is 15.3. The highest BCUT2D eigenvalue weighted by atomic mass is 35.6. The minimum Gasteiger partial charge on any atom is -0.445 e. The lowest BCUT2D eigenvalue weighted by Gasteiger charge is -2.12. The second kappa shape index (κ2) is 7.46. The summed E-state index contributed by atoms with van der Waals surface area (Å²) in [6.45, 7) is -0.581. The number of carbonyl (C=O) groups excluding carboxylic acids is 1. The molecule has 27 heavy (non-hydrogen) atoms. The van der Waals surface area contributed by atoms with Crippen LogP contribution in [0.5, 0.6) is 0 Å². The number of nitrogens with one attached hydrogen (secondary N) is 1. The molecule has 0 saturated heterocycles. The van der Waals surface area contributed by atoms with Gasteiger partial charge >= 0.3 is 6.09 Å². The molecule has 1 heterocycles. The van der Waals surface area contributed by atoms with Crippen LogP contribution < -0.4 is 5.32 Å². The Labute approximate surface area is 164 Å². The summed E-state index contributed by atoms with van der Waals surface area (Å²) in [5.41, 5.74) is -1.13. The van der Waals surface area contributed by atoms with Crippen molar-refractivity contribution < 1.29 is 27.2 Å². The van der Waals surface area contributed by atoms with Gasteiger partial charge in [-0.2, -0.15) is 0 Å². The monoisotopic (exact) mass is 438 g/mol. The Balaban J connectivity index is 2.07. The summed E-state index contributed by atoms with van der Waals surface area (Å²) in [7, 11) is 0. The summed E-state index contributed by atoms with van der Waals surface area (Å²) >= 11 is 16.4. The number of anilines is 1. The summed E-state index contributed by atoms with van der Waals surface area (Å²) in [6, 6.07) is 5.21. The molecular formula is C16H8Cl3F3N2O3. The van der Waals surface area contributed by atoms with E-state index >= 15 is 0 Å². The average Bonchev–Trinajstić information content (AvgIpc) is 2.97. The maximum atomic E-state index is 14.5. The fourth-order valence-electron chi connectivity index (χ4n) is 2.36. The Morgan fingerprint density at radius 1 is 1.07 bits per heavy atom. The van der Waals surface area contributed by atoms with Gasteiger partial charge < -0.3 is 9.26 Å². The Hall–Kier alpha value is -2.16. The second-order valence-electron chi connectivity index (χ2n) is 5.24. The van der Waals surface area contributed by atoms with Crippen molar-refractivity contribution in [2.75, 3.05) is 11.9 Å². The number of ether oxygens (including phenoxy) is 1. The summed E-state index contributed by atoms with van der Waals surface area (Å²) in [4.78, 5) is 11.8. The Morgan fingerprint density at radius 2 is 1.70 bits per heavy atom. The molecule has 1 aromatic heterocycles. The lowest BCUT2D eigenvalue weighted by molar-refractivity contribution is 0.163. The van der Waals surface area contributed by atoms with Crippen LogP contribution in [0.25, 0.3) is 22.1 Å². The van der Waals surface area contributed by atoms with Gasteiger partial charge in [-0.15, -0.1) is 0 Å². The third kappa shape index (κ3) is 4.23. The first-order valence-electron chi connectivity index (χ1n) is 7.20. The number of aromatic nitrogens is 1. The average molecular weight is 440 g/mol. The highest BCUT2D eigenvalue weighted by Crippen LogP contribution is 2.38. The standard InChI is InChI=1S/C16H8Cl3F3N2O3/c17-16(18,19)6-26-15(25)23-14-13-10(27-24-14)5-4-9(22)12(13)11-7(20)2-1-3-8(11)21/h1-5H,6H2,(H,23,24,25). The summed E-state index contributed by atoms with van der Waals surface area (Å²) in [5, 5.41) is 5.57. The van der Waals surface area contributed by atoms with E-state index in [1.807, 2.05) is 0 Å². The molecule has 142 valence electrons. The molecule has 3 rings (SSSR count). The molecule has 5 nitrogen and oxygen atoms in total. The van der Waals surface area contributed by atoms with Gasteiger partial charge in [-0.05, 0) is 24.3 Å². The van der Waals surface area contributed by atoms with Crippen LogP contribution in [-0.2, 0) is 4.74 Å². The van der Waals surface area contributed by atoms with E-state index < -0.39 is 45.1 Å². The van der Waals surface area contributed by atoms with Gasteiger partial charge in [0.2, 0.25) is 3.79 Å². The fraction of sp³-hybridized carbons (Fsp3) is 0.125. The number of halogens is 6. The zero-order chi connectivity index (χ0) is 19.8. The lowest BCUT2D eigenvalue weighted by atomic mass is 9.99. The van der Waals surface area contributed by atoms with Gasteiger partial charge in [0.05, 0.1) is 10.9 Å². The number of carbonyl (C=O) groups is 1. The Bertz CT molecular complexity index is 1000. The van der Waals surface area contributed by atoms with E-state index in [0.29, 0.717) is 0 Å². The predicted molar refractivity (Wildman–Crippen MR) is 94.6 cm³/mol. The molecule has 0 unspecified atom stereocenters. The maximum absolute atomic E-state index is 14.5. The summed E-state index contributed by atoms with van der Waals surface area (Å²) in [6.07, 6.45) is -1.10. The van der Waals surface area contributed by atoms with E-state index in [0.717, 1.165) is 24.3 Å². The van der Waals surface area contributed by atoms with Gasteiger partial charge in [-0.1, -0.05) is 46.0 Å². The van der Waals surface area contributed by atoms with Crippen molar-refractivity contribution in [3.05, 3.63) is 47.8 Å². The molecule has 3 aromatic rings. The SMILES string of the molecule is O=C(Nc1noc2ccc(F)c(-c3c(F)cccc3F)c12)OCC(Cl)(Cl)Cl. The molecule has 0 atom stereocenters. The maximum Gasteiger partial charge on any atom is 0.413 e. The van der Waals surface area contributed by atoms with Gasteiger partial charge in [0.1, 0.15) is 24.1 Å². The van der Waals surface area contributed by atoms with Gasteiger partial charge in [0.25, 0.3) is 0 Å². The Kier molecular flexibility index (Phi) is 5.41. The van der Waals surface area contributed by atoms with Crippen LogP contribution in [0.3, 0.4) is 0 Å². The van der Waals surface area contributed by atoms with E-state index in [9.17, 15) is 18.0 Å². The summed E-state index contributed by atoms with van der Waals surface area (Å²) < 4.78 is 50.6. The first-order chi connectivity index (χ1) is 12.7. The van der Waals surface area contributed by atoms with Crippen LogP contribution in [0.15, 0.2) is 34.9 Å². The number of rotatable bonds is 3. The first-order valence-corrected chi connectivity index (χ1v) is 8.33. The highest BCUT2D eigenvalue weighted by molar-refractivity contribution is 6.67. The van der Waals surface area contributed by atoms with Gasteiger partial charge in [-0.3, -0.25) is 5.32 Å². The van der Waals surface area contributed by atoms with E-state index in [2.05, 4.69) is 15.2 Å². The third-order valence-corrected chi connectivity index (χ3v) is 3.72. The molecule has 0 aliphatic carbocycles. The molecule has 2 aromatic carbocycles. The number of nitrogens with zero attached hydrogens (tertiary/aromatic N) is 1. The topological polar surface area (TPSA) is 64.4 Å². The number of hydrogen-bond acceptors (Lipinski definition) is 4. The quantitative estimate of drug-likeness (QED) is 0.522. The number of amides is 1. The van der Waals surface area contributed by atoms with Gasteiger partial charge in [0.15, 0.2) is 11.4 Å². The second-order valence-corrected chi connectivity index (χ2v) is 7.76. The largest absolute Gasteiger partial charge is 0.445 e. The predicted octanol–water partition coefficient (Wildman–Crippen LogP) is 5.83. The van der Waals surface area contributed by atoms with E-state index in [1.54, 1.807) is 0 Å². The minimum atomic E-state index is -1.85. The lowest BCUT2D eigenvalue weighted by Crippen LogP contribution is -2.21. The molecule has 0 saturated carbocycles. The van der Waals surface area contributed by atoms with E-state index in [1.165, 1.54) is 6.07 Å². The molecule has 1 N–H and O–H groups in total. The van der Waals surface area contributed by atoms with Crippen LogP contribution in [0.1, 0.15) is 0 Å². The van der Waals surface area contributed by atoms with Crippen molar-refractivity contribution in [1.29, 1.82) is 0 Å².